The van der Waals surface area contributed by atoms with E-state index < -0.39 is 5.97 Å². The van der Waals surface area contributed by atoms with Crippen LogP contribution in [0.4, 0.5) is 0 Å². The Morgan fingerprint density at radius 3 is 3.11 bits per heavy atom. The van der Waals surface area contributed by atoms with E-state index in [1.165, 1.54) is 17.7 Å². The minimum absolute atomic E-state index is 0.279. The first-order valence-corrected chi connectivity index (χ1v) is 7.40. The third kappa shape index (κ3) is 1.95. The summed E-state index contributed by atoms with van der Waals surface area (Å²) in [7, 11) is 0. The molecule has 98 valence electrons. The van der Waals surface area contributed by atoms with Gasteiger partial charge in [-0.2, -0.15) is 0 Å². The Balaban J connectivity index is 1.79. The van der Waals surface area contributed by atoms with Gasteiger partial charge in [-0.3, -0.25) is 9.69 Å². The number of nitrogens with zero attached hydrogens (tertiary/aromatic N) is 2. The molecule has 3 rings (SSSR count). The molecule has 1 aliphatic carbocycles. The standard InChI is InChI=1S/C13H18N2O2S/c1-8-11(18-7-14-8)6-15-5-9-3-2-4-10(9)12(15)13(16)17/h7,9-10,12H,2-6H2,1H3,(H,16,17). The lowest BCUT2D eigenvalue weighted by Crippen LogP contribution is -2.39. The van der Waals surface area contributed by atoms with Crippen LogP contribution in [0, 0.1) is 18.8 Å². The fourth-order valence-corrected chi connectivity index (χ4v) is 4.36. The lowest BCUT2D eigenvalue weighted by Gasteiger charge is -2.23. The first kappa shape index (κ1) is 12.1. The van der Waals surface area contributed by atoms with Crippen molar-refractivity contribution in [2.45, 2.75) is 38.8 Å². The second-order valence-corrected chi connectivity index (χ2v) is 6.37. The van der Waals surface area contributed by atoms with Gasteiger partial charge in [-0.15, -0.1) is 11.3 Å². The zero-order valence-electron chi connectivity index (χ0n) is 10.5. The Bertz CT molecular complexity index is 460. The molecule has 1 saturated carbocycles. The average Bonchev–Trinajstić information content (AvgIpc) is 2.95. The number of aryl methyl sites for hydroxylation is 1. The largest absolute Gasteiger partial charge is 0.480 e. The van der Waals surface area contributed by atoms with Crippen LogP contribution in [0.5, 0.6) is 0 Å². The Labute approximate surface area is 111 Å². The summed E-state index contributed by atoms with van der Waals surface area (Å²) < 4.78 is 0. The summed E-state index contributed by atoms with van der Waals surface area (Å²) in [5.74, 6) is 0.321. The van der Waals surface area contributed by atoms with Crippen LogP contribution in [0.2, 0.25) is 0 Å². The number of aromatic nitrogens is 1. The molecular weight excluding hydrogens is 248 g/mol. The maximum atomic E-state index is 11.5. The predicted molar refractivity (Wildman–Crippen MR) is 69.5 cm³/mol. The number of carboxylic acids is 1. The molecule has 4 nitrogen and oxygen atoms in total. The molecule has 1 aliphatic heterocycles. The van der Waals surface area contributed by atoms with E-state index in [2.05, 4.69) is 9.88 Å². The monoisotopic (exact) mass is 266 g/mol. The molecule has 1 saturated heterocycles. The minimum atomic E-state index is -0.647. The lowest BCUT2D eigenvalue weighted by molar-refractivity contribution is -0.143. The summed E-state index contributed by atoms with van der Waals surface area (Å²) in [6.45, 7) is 3.69. The van der Waals surface area contributed by atoms with Crippen LogP contribution in [-0.4, -0.2) is 33.5 Å². The van der Waals surface area contributed by atoms with Crippen molar-refractivity contribution in [1.82, 2.24) is 9.88 Å². The number of likely N-dealkylation sites (tertiary alicyclic amines) is 1. The van der Waals surface area contributed by atoms with Crippen molar-refractivity contribution in [3.05, 3.63) is 16.1 Å². The van der Waals surface area contributed by atoms with E-state index in [1.54, 1.807) is 11.3 Å². The molecular formula is C13H18N2O2S. The molecule has 0 bridgehead atoms. The lowest BCUT2D eigenvalue weighted by atomic mass is 9.94. The number of aliphatic carboxylic acids is 1. The molecule has 0 aromatic carbocycles. The second kappa shape index (κ2) is 4.63. The van der Waals surface area contributed by atoms with Crippen molar-refractivity contribution in [2.24, 2.45) is 11.8 Å². The van der Waals surface area contributed by atoms with Gasteiger partial charge in [-0.25, -0.2) is 4.98 Å². The van der Waals surface area contributed by atoms with Crippen LogP contribution in [0.3, 0.4) is 0 Å². The SMILES string of the molecule is Cc1ncsc1CN1CC2CCCC2C1C(=O)O. The minimum Gasteiger partial charge on any atom is -0.480 e. The van der Waals surface area contributed by atoms with Gasteiger partial charge in [-0.05, 0) is 31.6 Å². The van der Waals surface area contributed by atoms with Crippen molar-refractivity contribution in [3.8, 4) is 0 Å². The van der Waals surface area contributed by atoms with E-state index in [-0.39, 0.29) is 6.04 Å². The number of carbonyl (C=O) groups is 1. The third-order valence-corrected chi connectivity index (χ3v) is 5.35. The number of fused-ring (bicyclic) bond motifs is 1. The summed E-state index contributed by atoms with van der Waals surface area (Å²) in [5.41, 5.74) is 2.89. The Hall–Kier alpha value is -0.940. The van der Waals surface area contributed by atoms with Crippen molar-refractivity contribution >= 4 is 17.3 Å². The van der Waals surface area contributed by atoms with Gasteiger partial charge in [0.15, 0.2) is 0 Å². The number of carboxylic acid groups (broad SMARTS) is 1. The van der Waals surface area contributed by atoms with Gasteiger partial charge in [0.05, 0.1) is 11.2 Å². The molecule has 1 N–H and O–H groups in total. The third-order valence-electron chi connectivity index (χ3n) is 4.43. The van der Waals surface area contributed by atoms with Gasteiger partial charge in [0.2, 0.25) is 0 Å². The summed E-state index contributed by atoms with van der Waals surface area (Å²) in [6, 6.07) is -0.279. The second-order valence-electron chi connectivity index (χ2n) is 5.43. The molecule has 0 radical (unpaired) electrons. The van der Waals surface area contributed by atoms with Gasteiger partial charge in [0.1, 0.15) is 6.04 Å². The molecule has 1 aromatic heterocycles. The van der Waals surface area contributed by atoms with Gasteiger partial charge in [-0.1, -0.05) is 6.42 Å². The van der Waals surface area contributed by atoms with E-state index in [9.17, 15) is 9.90 Å². The van der Waals surface area contributed by atoms with Crippen LogP contribution < -0.4 is 0 Å². The van der Waals surface area contributed by atoms with Crippen molar-refractivity contribution < 1.29 is 9.90 Å². The smallest absolute Gasteiger partial charge is 0.321 e. The molecule has 3 atom stereocenters. The molecule has 3 unspecified atom stereocenters. The quantitative estimate of drug-likeness (QED) is 0.910. The Kier molecular flexibility index (Phi) is 3.11. The van der Waals surface area contributed by atoms with Crippen LogP contribution >= 0.6 is 11.3 Å². The summed E-state index contributed by atoms with van der Waals surface area (Å²) >= 11 is 1.63. The Morgan fingerprint density at radius 1 is 1.61 bits per heavy atom. The number of thiazole rings is 1. The van der Waals surface area contributed by atoms with Crippen molar-refractivity contribution in [2.75, 3.05) is 6.54 Å². The molecule has 1 aromatic rings. The molecule has 0 amide bonds. The van der Waals surface area contributed by atoms with Crippen LogP contribution in [0.15, 0.2) is 5.51 Å². The topological polar surface area (TPSA) is 53.4 Å². The highest BCUT2D eigenvalue weighted by molar-refractivity contribution is 7.09. The Morgan fingerprint density at radius 2 is 2.44 bits per heavy atom. The number of rotatable bonds is 3. The van der Waals surface area contributed by atoms with Gasteiger partial charge >= 0.3 is 5.97 Å². The predicted octanol–water partition coefficient (Wildman–Crippen LogP) is 2.14. The summed E-state index contributed by atoms with van der Waals surface area (Å²) in [6.07, 6.45) is 3.49. The fraction of sp³-hybridized carbons (Fsp3) is 0.692. The normalized spacial score (nSPS) is 31.7. The van der Waals surface area contributed by atoms with E-state index in [1.807, 2.05) is 12.4 Å². The number of hydrogen-bond donors (Lipinski definition) is 1. The van der Waals surface area contributed by atoms with Crippen LogP contribution in [-0.2, 0) is 11.3 Å². The molecule has 2 heterocycles. The summed E-state index contributed by atoms with van der Waals surface area (Å²) in [4.78, 5) is 19.1. The highest BCUT2D eigenvalue weighted by atomic mass is 32.1. The van der Waals surface area contributed by atoms with Crippen molar-refractivity contribution in [1.29, 1.82) is 0 Å². The highest BCUT2D eigenvalue weighted by Gasteiger charge is 2.47. The van der Waals surface area contributed by atoms with Crippen LogP contribution in [0.1, 0.15) is 29.8 Å². The van der Waals surface area contributed by atoms with Crippen molar-refractivity contribution in [3.63, 3.8) is 0 Å². The van der Waals surface area contributed by atoms with E-state index in [4.69, 9.17) is 0 Å². The number of hydrogen-bond acceptors (Lipinski definition) is 4. The van der Waals surface area contributed by atoms with Crippen LogP contribution in [0.25, 0.3) is 0 Å². The summed E-state index contributed by atoms with van der Waals surface area (Å²) in [5, 5.41) is 9.47. The zero-order valence-corrected chi connectivity index (χ0v) is 11.3. The van der Waals surface area contributed by atoms with Gasteiger partial charge in [0.25, 0.3) is 0 Å². The maximum Gasteiger partial charge on any atom is 0.321 e. The first-order chi connectivity index (χ1) is 8.66. The highest BCUT2D eigenvalue weighted by Crippen LogP contribution is 2.43. The molecule has 18 heavy (non-hydrogen) atoms. The van der Waals surface area contributed by atoms with Gasteiger partial charge in [0, 0.05) is 18.0 Å². The van der Waals surface area contributed by atoms with E-state index in [0.717, 1.165) is 25.2 Å². The molecule has 2 fully saturated rings. The molecule has 0 spiro atoms. The maximum absolute atomic E-state index is 11.5. The fourth-order valence-electron chi connectivity index (χ4n) is 3.56. The van der Waals surface area contributed by atoms with E-state index in [0.29, 0.717) is 11.8 Å². The zero-order chi connectivity index (χ0) is 12.7. The first-order valence-electron chi connectivity index (χ1n) is 6.52. The van der Waals surface area contributed by atoms with E-state index >= 15 is 0 Å². The molecule has 2 aliphatic rings. The van der Waals surface area contributed by atoms with Gasteiger partial charge < -0.3 is 5.11 Å². The molecule has 5 heteroatoms. The average molecular weight is 266 g/mol.